The van der Waals surface area contributed by atoms with E-state index in [0.29, 0.717) is 18.0 Å². The lowest BCUT2D eigenvalue weighted by molar-refractivity contribution is -0.128. The van der Waals surface area contributed by atoms with Crippen molar-refractivity contribution < 1.29 is 14.3 Å². The minimum atomic E-state index is -0.354. The lowest BCUT2D eigenvalue weighted by atomic mass is 10.1. The van der Waals surface area contributed by atoms with Gasteiger partial charge in [0.25, 0.3) is 5.91 Å². The molecule has 0 saturated carbocycles. The average molecular weight is 263 g/mol. The molecule has 0 fully saturated rings. The van der Waals surface area contributed by atoms with E-state index >= 15 is 0 Å². The Kier molecular flexibility index (Phi) is 4.13. The standard InChI is InChI=1S/C13H17N3O3/c1-15-7-9-2-3-11-10(6-9)16(12(17)4-5-14)13(18)8-19-11/h2-3,6,15H,4-5,7-8,14H2,1H3. The molecule has 6 heteroatoms. The molecular formula is C13H17N3O3. The number of nitrogens with two attached hydrogens (primary N) is 1. The molecule has 2 rings (SSSR count). The Balaban J connectivity index is 2.38. The summed E-state index contributed by atoms with van der Waals surface area (Å²) in [6.45, 7) is 0.754. The second kappa shape index (κ2) is 5.81. The molecule has 0 atom stereocenters. The van der Waals surface area contributed by atoms with Crippen molar-refractivity contribution in [1.29, 1.82) is 0 Å². The number of imide groups is 1. The molecule has 102 valence electrons. The number of anilines is 1. The van der Waals surface area contributed by atoms with Crippen LogP contribution in [0.4, 0.5) is 5.69 Å². The molecule has 0 unspecified atom stereocenters. The van der Waals surface area contributed by atoms with Crippen LogP contribution < -0.4 is 20.7 Å². The highest BCUT2D eigenvalue weighted by Gasteiger charge is 2.30. The van der Waals surface area contributed by atoms with E-state index in [1.54, 1.807) is 12.1 Å². The molecule has 1 aromatic carbocycles. The van der Waals surface area contributed by atoms with Crippen molar-refractivity contribution in [2.75, 3.05) is 25.1 Å². The molecule has 0 aromatic heterocycles. The number of amides is 2. The van der Waals surface area contributed by atoms with Crippen LogP contribution in [0.2, 0.25) is 0 Å². The van der Waals surface area contributed by atoms with E-state index < -0.39 is 0 Å². The average Bonchev–Trinajstić information content (AvgIpc) is 2.39. The minimum Gasteiger partial charge on any atom is -0.482 e. The smallest absolute Gasteiger partial charge is 0.271 e. The Hall–Kier alpha value is -1.92. The number of fused-ring (bicyclic) bond motifs is 1. The van der Waals surface area contributed by atoms with Gasteiger partial charge in [0.1, 0.15) is 5.75 Å². The number of hydrogen-bond acceptors (Lipinski definition) is 5. The Morgan fingerprint density at radius 1 is 1.53 bits per heavy atom. The number of rotatable bonds is 4. The molecule has 1 aliphatic heterocycles. The largest absolute Gasteiger partial charge is 0.482 e. The van der Waals surface area contributed by atoms with Gasteiger partial charge in [0.05, 0.1) is 5.69 Å². The summed E-state index contributed by atoms with van der Waals surface area (Å²) < 4.78 is 5.33. The van der Waals surface area contributed by atoms with Crippen molar-refractivity contribution in [3.63, 3.8) is 0 Å². The summed E-state index contributed by atoms with van der Waals surface area (Å²) in [5.41, 5.74) is 6.86. The fraction of sp³-hybridized carbons (Fsp3) is 0.385. The van der Waals surface area contributed by atoms with E-state index in [9.17, 15) is 9.59 Å². The highest BCUT2D eigenvalue weighted by Crippen LogP contribution is 2.33. The van der Waals surface area contributed by atoms with Gasteiger partial charge >= 0.3 is 0 Å². The number of nitrogens with one attached hydrogen (secondary N) is 1. The zero-order valence-corrected chi connectivity index (χ0v) is 10.8. The molecule has 0 radical (unpaired) electrons. The second-order valence-corrected chi connectivity index (χ2v) is 4.28. The minimum absolute atomic E-state index is 0.116. The molecule has 3 N–H and O–H groups in total. The summed E-state index contributed by atoms with van der Waals surface area (Å²) in [7, 11) is 1.83. The molecule has 1 aromatic rings. The summed E-state index contributed by atoms with van der Waals surface area (Å²) in [6.07, 6.45) is 0.140. The molecule has 0 spiro atoms. The number of carbonyl (C=O) groups excluding carboxylic acids is 2. The van der Waals surface area contributed by atoms with Crippen LogP contribution in [0.1, 0.15) is 12.0 Å². The number of nitrogens with zero attached hydrogens (tertiary/aromatic N) is 1. The van der Waals surface area contributed by atoms with E-state index in [1.165, 1.54) is 4.90 Å². The van der Waals surface area contributed by atoms with Gasteiger partial charge in [-0.1, -0.05) is 6.07 Å². The topological polar surface area (TPSA) is 84.7 Å². The van der Waals surface area contributed by atoms with Crippen LogP contribution in [0.3, 0.4) is 0 Å². The maximum absolute atomic E-state index is 12.0. The second-order valence-electron chi connectivity index (χ2n) is 4.28. The Bertz CT molecular complexity index is 502. The lowest BCUT2D eigenvalue weighted by Crippen LogP contribution is -2.43. The van der Waals surface area contributed by atoms with Gasteiger partial charge in [-0.25, -0.2) is 4.90 Å². The highest BCUT2D eigenvalue weighted by atomic mass is 16.5. The quantitative estimate of drug-likeness (QED) is 0.799. The maximum atomic E-state index is 12.0. The van der Waals surface area contributed by atoms with E-state index in [4.69, 9.17) is 10.5 Å². The molecule has 2 amide bonds. The van der Waals surface area contributed by atoms with Gasteiger partial charge in [-0.05, 0) is 24.7 Å². The van der Waals surface area contributed by atoms with Crippen molar-refractivity contribution >= 4 is 17.5 Å². The van der Waals surface area contributed by atoms with Crippen molar-refractivity contribution in [3.05, 3.63) is 23.8 Å². The van der Waals surface area contributed by atoms with Gasteiger partial charge in [-0.3, -0.25) is 9.59 Å². The fourth-order valence-corrected chi connectivity index (χ4v) is 2.02. The van der Waals surface area contributed by atoms with Crippen molar-refractivity contribution in [3.8, 4) is 5.75 Å². The van der Waals surface area contributed by atoms with Gasteiger partial charge in [-0.2, -0.15) is 0 Å². The Morgan fingerprint density at radius 3 is 3.00 bits per heavy atom. The van der Waals surface area contributed by atoms with Crippen LogP contribution in [-0.2, 0) is 16.1 Å². The van der Waals surface area contributed by atoms with Gasteiger partial charge in [0.2, 0.25) is 5.91 Å². The van der Waals surface area contributed by atoms with Crippen LogP contribution in [0, 0.1) is 0 Å². The van der Waals surface area contributed by atoms with Gasteiger partial charge in [0, 0.05) is 19.5 Å². The van der Waals surface area contributed by atoms with Crippen LogP contribution in [0.5, 0.6) is 5.75 Å². The van der Waals surface area contributed by atoms with Crippen molar-refractivity contribution in [2.24, 2.45) is 5.73 Å². The Morgan fingerprint density at radius 2 is 2.32 bits per heavy atom. The van der Waals surface area contributed by atoms with Gasteiger partial charge < -0.3 is 15.8 Å². The summed E-state index contributed by atoms with van der Waals surface area (Å²) in [5.74, 6) is -0.101. The molecule has 19 heavy (non-hydrogen) atoms. The van der Waals surface area contributed by atoms with E-state index in [1.807, 2.05) is 13.1 Å². The lowest BCUT2D eigenvalue weighted by Gasteiger charge is -2.28. The number of hydrogen-bond donors (Lipinski definition) is 2. The zero-order chi connectivity index (χ0) is 13.8. The summed E-state index contributed by atoms with van der Waals surface area (Å²) in [4.78, 5) is 25.0. The third kappa shape index (κ3) is 2.74. The third-order valence-corrected chi connectivity index (χ3v) is 2.85. The Labute approximate surface area is 111 Å². The molecular weight excluding hydrogens is 246 g/mol. The van der Waals surface area contributed by atoms with Crippen molar-refractivity contribution in [1.82, 2.24) is 5.32 Å². The predicted octanol–water partition coefficient (Wildman–Crippen LogP) is 0.00680. The summed E-state index contributed by atoms with van der Waals surface area (Å²) in [5, 5.41) is 3.02. The highest BCUT2D eigenvalue weighted by molar-refractivity contribution is 6.17. The number of benzene rings is 1. The zero-order valence-electron chi connectivity index (χ0n) is 10.8. The van der Waals surface area contributed by atoms with E-state index in [0.717, 1.165) is 5.56 Å². The van der Waals surface area contributed by atoms with E-state index in [-0.39, 0.29) is 31.4 Å². The van der Waals surface area contributed by atoms with Gasteiger partial charge in [-0.15, -0.1) is 0 Å². The van der Waals surface area contributed by atoms with E-state index in [2.05, 4.69) is 5.32 Å². The van der Waals surface area contributed by atoms with Gasteiger partial charge in [0.15, 0.2) is 6.61 Å². The SMILES string of the molecule is CNCc1ccc2c(c1)N(C(=O)CCN)C(=O)CO2. The van der Waals surface area contributed by atoms with Crippen LogP contribution >= 0.6 is 0 Å². The van der Waals surface area contributed by atoms with Crippen molar-refractivity contribution in [2.45, 2.75) is 13.0 Å². The molecule has 1 heterocycles. The molecule has 0 saturated heterocycles. The first-order valence-corrected chi connectivity index (χ1v) is 6.13. The molecule has 1 aliphatic rings. The number of ether oxygens (including phenoxy) is 1. The normalized spacial score (nSPS) is 14.0. The molecule has 6 nitrogen and oxygen atoms in total. The third-order valence-electron chi connectivity index (χ3n) is 2.85. The predicted molar refractivity (Wildman–Crippen MR) is 70.9 cm³/mol. The first-order valence-electron chi connectivity index (χ1n) is 6.13. The maximum Gasteiger partial charge on any atom is 0.271 e. The van der Waals surface area contributed by atoms with Crippen LogP contribution in [0.25, 0.3) is 0 Å². The first kappa shape index (κ1) is 13.5. The van der Waals surface area contributed by atoms with Crippen LogP contribution in [-0.4, -0.2) is 32.0 Å². The number of carbonyl (C=O) groups is 2. The molecule has 0 bridgehead atoms. The summed E-state index contributed by atoms with van der Waals surface area (Å²) >= 11 is 0. The fourth-order valence-electron chi connectivity index (χ4n) is 2.02. The summed E-state index contributed by atoms with van der Waals surface area (Å²) in [6, 6.07) is 5.46. The van der Waals surface area contributed by atoms with Crippen LogP contribution in [0.15, 0.2) is 18.2 Å². The molecule has 0 aliphatic carbocycles. The first-order chi connectivity index (χ1) is 9.17. The monoisotopic (exact) mass is 263 g/mol.